The fraction of sp³-hybridized carbons (Fsp3) is 0.333. The summed E-state index contributed by atoms with van der Waals surface area (Å²) < 4.78 is 5.30. The second-order valence-corrected chi connectivity index (χ2v) is 5.11. The largest absolute Gasteiger partial charge is 0.469 e. The zero-order chi connectivity index (χ0) is 11.4. The van der Waals surface area contributed by atoms with Crippen molar-refractivity contribution in [2.75, 3.05) is 0 Å². The molecular weight excluding hydrogens is 220 g/mol. The van der Waals surface area contributed by atoms with Gasteiger partial charge in [-0.15, -0.1) is 11.3 Å². The number of rotatable bonds is 5. The van der Waals surface area contributed by atoms with Crippen LogP contribution in [-0.2, 0) is 6.42 Å². The van der Waals surface area contributed by atoms with Crippen LogP contribution >= 0.6 is 11.3 Å². The molecule has 2 heterocycles. The molecule has 0 fully saturated rings. The van der Waals surface area contributed by atoms with Gasteiger partial charge in [0.15, 0.2) is 0 Å². The minimum absolute atomic E-state index is 0.212. The van der Waals surface area contributed by atoms with Crippen LogP contribution in [0, 0.1) is 6.92 Å². The Morgan fingerprint density at radius 2 is 2.31 bits per heavy atom. The standard InChI is InChI=1S/C12H16N2OS/c1-9-4-7-12(16-9)11(14-13)6-5-10-3-2-8-15-10/h2-4,7-8,11,14H,5-6,13H2,1H3. The van der Waals surface area contributed by atoms with Crippen molar-refractivity contribution in [2.45, 2.75) is 25.8 Å². The zero-order valence-electron chi connectivity index (χ0n) is 9.27. The molecule has 1 unspecified atom stereocenters. The highest BCUT2D eigenvalue weighted by atomic mass is 32.1. The lowest BCUT2D eigenvalue weighted by Gasteiger charge is -2.12. The summed E-state index contributed by atoms with van der Waals surface area (Å²) in [5, 5.41) is 0. The van der Waals surface area contributed by atoms with Crippen LogP contribution in [-0.4, -0.2) is 0 Å². The number of hydrogen-bond donors (Lipinski definition) is 2. The normalized spacial score (nSPS) is 12.9. The molecule has 0 amide bonds. The highest BCUT2D eigenvalue weighted by Crippen LogP contribution is 2.25. The van der Waals surface area contributed by atoms with E-state index in [4.69, 9.17) is 10.3 Å². The number of nitrogens with one attached hydrogen (secondary N) is 1. The molecule has 4 heteroatoms. The molecule has 0 radical (unpaired) electrons. The summed E-state index contributed by atoms with van der Waals surface area (Å²) in [6, 6.07) is 8.37. The van der Waals surface area contributed by atoms with Crippen molar-refractivity contribution in [3.8, 4) is 0 Å². The number of thiophene rings is 1. The Bertz CT molecular complexity index is 422. The van der Waals surface area contributed by atoms with Crippen molar-refractivity contribution < 1.29 is 4.42 Å². The molecule has 0 aliphatic carbocycles. The number of nitrogens with two attached hydrogens (primary N) is 1. The van der Waals surface area contributed by atoms with Gasteiger partial charge in [0, 0.05) is 16.2 Å². The van der Waals surface area contributed by atoms with Gasteiger partial charge in [-0.3, -0.25) is 11.3 Å². The number of aryl methyl sites for hydroxylation is 2. The van der Waals surface area contributed by atoms with E-state index in [0.29, 0.717) is 0 Å². The first-order valence-electron chi connectivity index (χ1n) is 5.34. The molecule has 0 bridgehead atoms. The van der Waals surface area contributed by atoms with Crippen molar-refractivity contribution >= 4 is 11.3 Å². The molecule has 0 aromatic carbocycles. The molecule has 16 heavy (non-hydrogen) atoms. The summed E-state index contributed by atoms with van der Waals surface area (Å²) in [7, 11) is 0. The van der Waals surface area contributed by atoms with Gasteiger partial charge in [0.1, 0.15) is 5.76 Å². The molecule has 2 rings (SSSR count). The van der Waals surface area contributed by atoms with E-state index < -0.39 is 0 Å². The smallest absolute Gasteiger partial charge is 0.103 e. The van der Waals surface area contributed by atoms with Crippen LogP contribution in [0.2, 0.25) is 0 Å². The second kappa shape index (κ2) is 5.30. The highest BCUT2D eigenvalue weighted by Gasteiger charge is 2.12. The van der Waals surface area contributed by atoms with E-state index in [9.17, 15) is 0 Å². The first kappa shape index (κ1) is 11.4. The van der Waals surface area contributed by atoms with E-state index in [1.54, 1.807) is 17.6 Å². The third kappa shape index (κ3) is 2.72. The molecule has 3 nitrogen and oxygen atoms in total. The average Bonchev–Trinajstić information content (AvgIpc) is 2.91. The van der Waals surface area contributed by atoms with Crippen LogP contribution in [0.5, 0.6) is 0 Å². The van der Waals surface area contributed by atoms with Gasteiger partial charge in [-0.05, 0) is 37.6 Å². The summed E-state index contributed by atoms with van der Waals surface area (Å²) in [4.78, 5) is 2.60. The summed E-state index contributed by atoms with van der Waals surface area (Å²) in [5.41, 5.74) is 2.86. The molecular formula is C12H16N2OS. The zero-order valence-corrected chi connectivity index (χ0v) is 10.1. The lowest BCUT2D eigenvalue weighted by Crippen LogP contribution is -2.27. The van der Waals surface area contributed by atoms with Gasteiger partial charge in [0.25, 0.3) is 0 Å². The molecule has 1 atom stereocenters. The van der Waals surface area contributed by atoms with Gasteiger partial charge < -0.3 is 4.42 Å². The van der Waals surface area contributed by atoms with Crippen molar-refractivity contribution in [1.82, 2.24) is 5.43 Å². The predicted molar refractivity (Wildman–Crippen MR) is 66.1 cm³/mol. The van der Waals surface area contributed by atoms with Crippen LogP contribution in [0.4, 0.5) is 0 Å². The van der Waals surface area contributed by atoms with Crippen molar-refractivity contribution in [3.63, 3.8) is 0 Å². The molecule has 0 saturated heterocycles. The third-order valence-corrected chi connectivity index (χ3v) is 3.68. The summed E-state index contributed by atoms with van der Waals surface area (Å²) in [6.45, 7) is 2.11. The van der Waals surface area contributed by atoms with Crippen LogP contribution in [0.25, 0.3) is 0 Å². The fourth-order valence-electron chi connectivity index (χ4n) is 1.69. The Hall–Kier alpha value is -1.10. The SMILES string of the molecule is Cc1ccc(C(CCc2ccco2)NN)s1. The van der Waals surface area contributed by atoms with E-state index in [2.05, 4.69) is 24.5 Å². The van der Waals surface area contributed by atoms with E-state index in [-0.39, 0.29) is 6.04 Å². The van der Waals surface area contributed by atoms with Crippen LogP contribution in [0.1, 0.15) is 28.0 Å². The predicted octanol–water partition coefficient (Wildman–Crippen LogP) is 2.79. The molecule has 0 aliphatic heterocycles. The molecule has 2 aromatic rings. The molecule has 0 spiro atoms. The van der Waals surface area contributed by atoms with Gasteiger partial charge >= 0.3 is 0 Å². The van der Waals surface area contributed by atoms with Crippen LogP contribution < -0.4 is 11.3 Å². The van der Waals surface area contributed by atoms with E-state index in [1.165, 1.54) is 9.75 Å². The number of hydrogen-bond acceptors (Lipinski definition) is 4. The monoisotopic (exact) mass is 236 g/mol. The Labute approximate surface area is 99.2 Å². The van der Waals surface area contributed by atoms with Crippen molar-refractivity contribution in [2.24, 2.45) is 5.84 Å². The first-order valence-corrected chi connectivity index (χ1v) is 6.16. The summed E-state index contributed by atoms with van der Waals surface area (Å²) in [5.74, 6) is 6.59. The van der Waals surface area contributed by atoms with Gasteiger partial charge in [0.2, 0.25) is 0 Å². The first-order chi connectivity index (χ1) is 7.79. The number of furan rings is 1. The van der Waals surface area contributed by atoms with Crippen molar-refractivity contribution in [1.29, 1.82) is 0 Å². The number of hydrazine groups is 1. The van der Waals surface area contributed by atoms with Gasteiger partial charge in [0.05, 0.1) is 12.3 Å². The Morgan fingerprint density at radius 1 is 1.44 bits per heavy atom. The maximum absolute atomic E-state index is 5.58. The topological polar surface area (TPSA) is 51.2 Å². The van der Waals surface area contributed by atoms with Crippen molar-refractivity contribution in [3.05, 3.63) is 46.0 Å². The molecule has 0 aliphatic rings. The Morgan fingerprint density at radius 3 is 2.88 bits per heavy atom. The van der Waals surface area contributed by atoms with E-state index in [1.807, 2.05) is 12.1 Å². The van der Waals surface area contributed by atoms with Crippen LogP contribution in [0.3, 0.4) is 0 Å². The fourth-order valence-corrected chi connectivity index (χ4v) is 2.66. The molecule has 3 N–H and O–H groups in total. The lowest BCUT2D eigenvalue weighted by molar-refractivity contribution is 0.462. The molecule has 2 aromatic heterocycles. The van der Waals surface area contributed by atoms with Gasteiger partial charge in [-0.25, -0.2) is 0 Å². The van der Waals surface area contributed by atoms with Gasteiger partial charge in [-0.1, -0.05) is 0 Å². The maximum atomic E-state index is 5.58. The van der Waals surface area contributed by atoms with Gasteiger partial charge in [-0.2, -0.15) is 0 Å². The van der Waals surface area contributed by atoms with E-state index in [0.717, 1.165) is 18.6 Å². The molecule has 0 saturated carbocycles. The Balaban J connectivity index is 1.96. The lowest BCUT2D eigenvalue weighted by atomic mass is 10.1. The van der Waals surface area contributed by atoms with Crippen LogP contribution in [0.15, 0.2) is 34.9 Å². The average molecular weight is 236 g/mol. The quantitative estimate of drug-likeness (QED) is 0.620. The highest BCUT2D eigenvalue weighted by molar-refractivity contribution is 7.12. The maximum Gasteiger partial charge on any atom is 0.103 e. The summed E-state index contributed by atoms with van der Waals surface area (Å²) >= 11 is 1.78. The third-order valence-electron chi connectivity index (χ3n) is 2.57. The summed E-state index contributed by atoms with van der Waals surface area (Å²) in [6.07, 6.45) is 3.55. The minimum atomic E-state index is 0.212. The minimum Gasteiger partial charge on any atom is -0.469 e. The second-order valence-electron chi connectivity index (χ2n) is 3.79. The Kier molecular flexibility index (Phi) is 3.77. The van der Waals surface area contributed by atoms with E-state index >= 15 is 0 Å². The molecule has 86 valence electrons.